The molecule has 2 N–H and O–H groups in total. The molecule has 0 heterocycles. The van der Waals surface area contributed by atoms with Crippen molar-refractivity contribution in [1.29, 1.82) is 5.26 Å². The van der Waals surface area contributed by atoms with Crippen LogP contribution in [0.2, 0.25) is 5.02 Å². The first kappa shape index (κ1) is 19.0. The molecule has 1 amide bonds. The number of benzene rings is 2. The third kappa shape index (κ3) is 4.62. The summed E-state index contributed by atoms with van der Waals surface area (Å²) < 4.78 is 1.30. The second-order valence-corrected chi connectivity index (χ2v) is 7.68. The Kier molecular flexibility index (Phi) is 6.48. The number of phenols is 1. The van der Waals surface area contributed by atoms with E-state index in [2.05, 4.69) is 5.32 Å². The summed E-state index contributed by atoms with van der Waals surface area (Å²) in [6.45, 7) is 1.82. The number of amides is 1. The van der Waals surface area contributed by atoms with Gasteiger partial charge in [0.1, 0.15) is 17.4 Å². The quantitative estimate of drug-likeness (QED) is 0.309. The smallest absolute Gasteiger partial charge is 0.266 e. The SMILES string of the molecule is Cc1cc(Cl)ccc1NC(=O)/C(C#N)=C/c1cc(I)c(O)c(I)c1. The third-order valence-corrected chi connectivity index (χ3v) is 5.03. The highest BCUT2D eigenvalue weighted by atomic mass is 127. The van der Waals surface area contributed by atoms with E-state index in [1.54, 1.807) is 30.3 Å². The van der Waals surface area contributed by atoms with Crippen LogP contribution in [0, 0.1) is 25.4 Å². The number of aryl methyl sites for hydroxylation is 1. The van der Waals surface area contributed by atoms with Gasteiger partial charge in [-0.3, -0.25) is 4.79 Å². The van der Waals surface area contributed by atoms with Crippen molar-refractivity contribution in [3.05, 3.63) is 59.2 Å². The van der Waals surface area contributed by atoms with Crippen LogP contribution in [0.15, 0.2) is 35.9 Å². The Morgan fingerprint density at radius 1 is 1.29 bits per heavy atom. The van der Waals surface area contributed by atoms with Crippen LogP contribution in [0.5, 0.6) is 5.75 Å². The summed E-state index contributed by atoms with van der Waals surface area (Å²) >= 11 is 9.89. The van der Waals surface area contributed by atoms with Crippen molar-refractivity contribution in [3.8, 4) is 11.8 Å². The summed E-state index contributed by atoms with van der Waals surface area (Å²) in [6.07, 6.45) is 1.49. The van der Waals surface area contributed by atoms with E-state index in [-0.39, 0.29) is 11.3 Å². The van der Waals surface area contributed by atoms with Gasteiger partial charge in [0.05, 0.1) is 7.14 Å². The number of phenolic OH excluding ortho intramolecular Hbond substituents is 1. The highest BCUT2D eigenvalue weighted by molar-refractivity contribution is 14.1. The molecule has 0 atom stereocenters. The van der Waals surface area contributed by atoms with Gasteiger partial charge >= 0.3 is 0 Å². The van der Waals surface area contributed by atoms with Crippen LogP contribution in [0.3, 0.4) is 0 Å². The molecule has 0 saturated carbocycles. The van der Waals surface area contributed by atoms with E-state index in [1.165, 1.54) is 6.08 Å². The molecular formula is C17H11ClI2N2O2. The van der Waals surface area contributed by atoms with Gasteiger partial charge in [-0.25, -0.2) is 0 Å². The molecule has 0 aromatic heterocycles. The number of hydrogen-bond donors (Lipinski definition) is 2. The molecule has 24 heavy (non-hydrogen) atoms. The Hall–Kier alpha value is -1.31. The monoisotopic (exact) mass is 564 g/mol. The largest absolute Gasteiger partial charge is 0.506 e. The molecule has 0 aliphatic carbocycles. The van der Waals surface area contributed by atoms with Gasteiger partial charge in [0.2, 0.25) is 0 Å². The molecule has 4 nitrogen and oxygen atoms in total. The van der Waals surface area contributed by atoms with Crippen molar-refractivity contribution in [2.45, 2.75) is 6.92 Å². The van der Waals surface area contributed by atoms with Crippen LogP contribution >= 0.6 is 56.8 Å². The van der Waals surface area contributed by atoms with Crippen molar-refractivity contribution in [1.82, 2.24) is 0 Å². The fraction of sp³-hybridized carbons (Fsp3) is 0.0588. The minimum absolute atomic E-state index is 0.0263. The van der Waals surface area contributed by atoms with Crippen molar-refractivity contribution in [2.75, 3.05) is 5.32 Å². The summed E-state index contributed by atoms with van der Waals surface area (Å²) in [5.41, 5.74) is 2.05. The lowest BCUT2D eigenvalue weighted by Gasteiger charge is -2.08. The Bertz CT molecular complexity index is 866. The molecule has 0 spiro atoms. The topological polar surface area (TPSA) is 73.1 Å². The summed E-state index contributed by atoms with van der Waals surface area (Å²) in [4.78, 5) is 12.3. The predicted molar refractivity (Wildman–Crippen MR) is 112 cm³/mol. The number of halogens is 3. The zero-order valence-electron chi connectivity index (χ0n) is 12.4. The van der Waals surface area contributed by atoms with Crippen LogP contribution < -0.4 is 5.32 Å². The van der Waals surface area contributed by atoms with Crippen LogP contribution in [-0.2, 0) is 4.79 Å². The average molecular weight is 565 g/mol. The van der Waals surface area contributed by atoms with E-state index in [0.29, 0.717) is 23.4 Å². The van der Waals surface area contributed by atoms with Crippen molar-refractivity contribution < 1.29 is 9.90 Å². The minimum atomic E-state index is -0.499. The van der Waals surface area contributed by atoms with Gasteiger partial charge in [-0.2, -0.15) is 5.26 Å². The van der Waals surface area contributed by atoms with Gasteiger partial charge in [0.25, 0.3) is 5.91 Å². The zero-order valence-corrected chi connectivity index (χ0v) is 17.5. The Morgan fingerprint density at radius 3 is 2.46 bits per heavy atom. The molecule has 0 saturated heterocycles. The number of aromatic hydroxyl groups is 1. The number of anilines is 1. The maximum Gasteiger partial charge on any atom is 0.266 e. The number of nitriles is 1. The molecule has 2 aromatic carbocycles. The van der Waals surface area contributed by atoms with Crippen molar-refractivity contribution in [3.63, 3.8) is 0 Å². The number of nitrogens with zero attached hydrogens (tertiary/aromatic N) is 1. The van der Waals surface area contributed by atoms with Gasteiger partial charge in [0, 0.05) is 10.7 Å². The van der Waals surface area contributed by atoms with Crippen LogP contribution in [0.1, 0.15) is 11.1 Å². The fourth-order valence-electron chi connectivity index (χ4n) is 1.94. The molecule has 0 aliphatic rings. The van der Waals surface area contributed by atoms with Crippen molar-refractivity contribution in [2.24, 2.45) is 0 Å². The maximum absolute atomic E-state index is 12.3. The van der Waals surface area contributed by atoms with Crippen LogP contribution in [0.25, 0.3) is 6.08 Å². The number of nitrogens with one attached hydrogen (secondary N) is 1. The summed E-state index contributed by atoms with van der Waals surface area (Å²) in [7, 11) is 0. The Morgan fingerprint density at radius 2 is 1.92 bits per heavy atom. The zero-order chi connectivity index (χ0) is 17.9. The van der Waals surface area contributed by atoms with E-state index < -0.39 is 5.91 Å². The standard InChI is InChI=1S/C17H11ClI2N2O2/c1-9-4-12(18)2-3-15(9)22-17(24)11(8-21)5-10-6-13(19)16(23)14(20)7-10/h2-7,23H,1H3,(H,22,24)/b11-5+. The molecule has 0 bridgehead atoms. The maximum atomic E-state index is 12.3. The lowest BCUT2D eigenvalue weighted by atomic mass is 10.1. The Labute approximate surface area is 171 Å². The average Bonchev–Trinajstić information content (AvgIpc) is 2.52. The molecule has 0 radical (unpaired) electrons. The van der Waals surface area contributed by atoms with Gasteiger partial charge < -0.3 is 10.4 Å². The number of carbonyl (C=O) groups excluding carboxylic acids is 1. The molecule has 122 valence electrons. The van der Waals surface area contributed by atoms with E-state index >= 15 is 0 Å². The summed E-state index contributed by atoms with van der Waals surface area (Å²) in [6, 6.07) is 10.4. The number of carbonyl (C=O) groups is 1. The molecule has 2 aromatic rings. The first-order valence-electron chi connectivity index (χ1n) is 6.69. The second kappa shape index (κ2) is 8.18. The highest BCUT2D eigenvalue weighted by Crippen LogP contribution is 2.28. The highest BCUT2D eigenvalue weighted by Gasteiger charge is 2.12. The first-order valence-corrected chi connectivity index (χ1v) is 9.22. The molecule has 0 aliphatic heterocycles. The molecular weight excluding hydrogens is 553 g/mol. The first-order chi connectivity index (χ1) is 11.3. The van der Waals surface area contributed by atoms with Gasteiger partial charge in [-0.15, -0.1) is 0 Å². The van der Waals surface area contributed by atoms with Crippen LogP contribution in [-0.4, -0.2) is 11.0 Å². The lowest BCUT2D eigenvalue weighted by molar-refractivity contribution is -0.112. The molecule has 0 fully saturated rings. The lowest BCUT2D eigenvalue weighted by Crippen LogP contribution is -2.14. The van der Waals surface area contributed by atoms with Gasteiger partial charge in [-0.1, -0.05) is 11.6 Å². The van der Waals surface area contributed by atoms with E-state index in [0.717, 1.165) is 5.56 Å². The Balaban J connectivity index is 2.31. The molecule has 7 heteroatoms. The van der Waals surface area contributed by atoms with Gasteiger partial charge in [-0.05, 0) is 99.6 Å². The van der Waals surface area contributed by atoms with Crippen LogP contribution in [0.4, 0.5) is 5.69 Å². The van der Waals surface area contributed by atoms with Gasteiger partial charge in [0.15, 0.2) is 0 Å². The van der Waals surface area contributed by atoms with E-state index in [9.17, 15) is 15.2 Å². The second-order valence-electron chi connectivity index (χ2n) is 4.92. The minimum Gasteiger partial charge on any atom is -0.506 e. The van der Waals surface area contributed by atoms with Crippen molar-refractivity contribution >= 4 is 74.5 Å². The summed E-state index contributed by atoms with van der Waals surface area (Å²) in [5.74, 6) is -0.311. The normalized spacial score (nSPS) is 11.0. The fourth-order valence-corrected chi connectivity index (χ4v) is 3.98. The number of rotatable bonds is 3. The molecule has 0 unspecified atom stereocenters. The number of hydrogen-bond acceptors (Lipinski definition) is 3. The predicted octanol–water partition coefficient (Wildman–Crippen LogP) is 5.11. The third-order valence-electron chi connectivity index (χ3n) is 3.15. The molecule has 2 rings (SSSR count). The van der Waals surface area contributed by atoms with E-state index in [4.69, 9.17) is 11.6 Å². The summed E-state index contributed by atoms with van der Waals surface area (Å²) in [5, 5.41) is 22.4. The van der Waals surface area contributed by atoms with E-state index in [1.807, 2.05) is 58.2 Å².